The molecule has 0 radical (unpaired) electrons. The molecule has 0 aliphatic carbocycles. The predicted molar refractivity (Wildman–Crippen MR) is 104 cm³/mol. The van der Waals surface area contributed by atoms with E-state index in [1.54, 1.807) is 12.1 Å². The second-order valence-corrected chi connectivity index (χ2v) is 6.23. The van der Waals surface area contributed by atoms with E-state index in [0.29, 0.717) is 13.0 Å². The molecule has 2 aromatic carbocycles. The van der Waals surface area contributed by atoms with Gasteiger partial charge in [-0.1, -0.05) is 56.3 Å². The number of benzene rings is 2. The second-order valence-electron chi connectivity index (χ2n) is 6.23. The van der Waals surface area contributed by atoms with Crippen LogP contribution in [0.2, 0.25) is 0 Å². The summed E-state index contributed by atoms with van der Waals surface area (Å²) in [6.07, 6.45) is 0.666. The van der Waals surface area contributed by atoms with Gasteiger partial charge in [-0.2, -0.15) is 0 Å². The van der Waals surface area contributed by atoms with Crippen molar-refractivity contribution < 1.29 is 9.18 Å². The molecular weight excluding hydrogens is 329 g/mol. The van der Waals surface area contributed by atoms with Gasteiger partial charge in [0, 0.05) is 13.1 Å². The summed E-state index contributed by atoms with van der Waals surface area (Å²) in [6.45, 7) is 7.39. The Balaban J connectivity index is 1.89. The van der Waals surface area contributed by atoms with Crippen LogP contribution in [0.4, 0.5) is 9.18 Å². The highest BCUT2D eigenvalue weighted by Crippen LogP contribution is 2.14. The van der Waals surface area contributed by atoms with E-state index in [9.17, 15) is 9.18 Å². The highest BCUT2D eigenvalue weighted by molar-refractivity contribution is 5.74. The maximum absolute atomic E-state index is 12.9. The number of hydrogen-bond acceptors (Lipinski definition) is 2. The van der Waals surface area contributed by atoms with Crippen molar-refractivity contribution in [2.24, 2.45) is 0 Å². The third-order valence-corrected chi connectivity index (χ3v) is 4.45. The molecule has 4 nitrogen and oxygen atoms in total. The molecule has 0 heterocycles. The number of likely N-dealkylation sites (N-methyl/N-ethyl adjacent to an activating group) is 1. The predicted octanol–water partition coefficient (Wildman–Crippen LogP) is 3.75. The fraction of sp³-hybridized carbons (Fsp3) is 0.381. The van der Waals surface area contributed by atoms with Crippen LogP contribution in [0.5, 0.6) is 0 Å². The molecule has 5 heteroatoms. The molecule has 0 saturated heterocycles. The van der Waals surface area contributed by atoms with Gasteiger partial charge in [-0.3, -0.25) is 0 Å². The molecule has 2 rings (SSSR count). The van der Waals surface area contributed by atoms with E-state index in [2.05, 4.69) is 29.4 Å². The molecule has 140 valence electrons. The average Bonchev–Trinajstić information content (AvgIpc) is 2.67. The molecule has 0 aromatic heterocycles. The lowest BCUT2D eigenvalue weighted by atomic mass is 10.1. The number of nitrogens with zero attached hydrogens (tertiary/aromatic N) is 1. The molecule has 0 spiro atoms. The van der Waals surface area contributed by atoms with Crippen molar-refractivity contribution in [3.05, 3.63) is 71.5 Å². The van der Waals surface area contributed by atoms with Crippen LogP contribution < -0.4 is 10.6 Å². The van der Waals surface area contributed by atoms with Crippen LogP contribution in [-0.4, -0.2) is 37.1 Å². The van der Waals surface area contributed by atoms with E-state index in [1.165, 1.54) is 12.1 Å². The third-order valence-electron chi connectivity index (χ3n) is 4.45. The first-order valence-corrected chi connectivity index (χ1v) is 9.18. The quantitative estimate of drug-likeness (QED) is 0.718. The van der Waals surface area contributed by atoms with Crippen LogP contribution in [0.1, 0.15) is 31.0 Å². The van der Waals surface area contributed by atoms with Gasteiger partial charge in [0.25, 0.3) is 0 Å². The number of halogens is 1. The normalized spacial score (nSPS) is 12.0. The molecule has 1 atom stereocenters. The highest BCUT2D eigenvalue weighted by atomic mass is 19.1. The molecule has 0 fully saturated rings. The first kappa shape index (κ1) is 19.9. The summed E-state index contributed by atoms with van der Waals surface area (Å²) in [4.78, 5) is 14.6. The summed E-state index contributed by atoms with van der Waals surface area (Å²) in [7, 11) is 0. The minimum atomic E-state index is -0.249. The molecule has 0 saturated carbocycles. The van der Waals surface area contributed by atoms with Crippen LogP contribution in [0, 0.1) is 5.82 Å². The SMILES string of the molecule is CCN(CC)C[C@H](NC(=O)NCCc1ccc(F)cc1)c1ccccc1. The minimum Gasteiger partial charge on any atom is -0.338 e. The van der Waals surface area contributed by atoms with Crippen LogP contribution in [0.15, 0.2) is 54.6 Å². The van der Waals surface area contributed by atoms with Gasteiger partial charge in [0.05, 0.1) is 6.04 Å². The number of amides is 2. The zero-order valence-electron chi connectivity index (χ0n) is 15.5. The van der Waals surface area contributed by atoms with Crippen molar-refractivity contribution in [2.45, 2.75) is 26.3 Å². The Morgan fingerprint density at radius 3 is 2.31 bits per heavy atom. The molecule has 0 aliphatic heterocycles. The summed E-state index contributed by atoms with van der Waals surface area (Å²) in [5, 5.41) is 5.97. The molecule has 0 unspecified atom stereocenters. The average molecular weight is 357 g/mol. The number of carbonyl (C=O) groups is 1. The van der Waals surface area contributed by atoms with Crippen molar-refractivity contribution in [1.29, 1.82) is 0 Å². The topological polar surface area (TPSA) is 44.4 Å². The van der Waals surface area contributed by atoms with Crippen LogP contribution in [0.3, 0.4) is 0 Å². The first-order valence-electron chi connectivity index (χ1n) is 9.18. The van der Waals surface area contributed by atoms with Gasteiger partial charge in [-0.05, 0) is 42.8 Å². The van der Waals surface area contributed by atoms with Crippen molar-refractivity contribution in [3.63, 3.8) is 0 Å². The van der Waals surface area contributed by atoms with Crippen molar-refractivity contribution in [3.8, 4) is 0 Å². The number of carbonyl (C=O) groups excluding carboxylic acids is 1. The van der Waals surface area contributed by atoms with Gasteiger partial charge in [-0.15, -0.1) is 0 Å². The molecular formula is C21H28FN3O. The van der Waals surface area contributed by atoms with Gasteiger partial charge < -0.3 is 15.5 Å². The van der Waals surface area contributed by atoms with Crippen molar-refractivity contribution >= 4 is 6.03 Å². The van der Waals surface area contributed by atoms with Gasteiger partial charge >= 0.3 is 6.03 Å². The van der Waals surface area contributed by atoms with Crippen LogP contribution in [-0.2, 0) is 6.42 Å². The molecule has 2 amide bonds. The molecule has 0 aliphatic rings. The van der Waals surface area contributed by atoms with Gasteiger partial charge in [0.2, 0.25) is 0 Å². The van der Waals surface area contributed by atoms with E-state index >= 15 is 0 Å². The lowest BCUT2D eigenvalue weighted by molar-refractivity contribution is 0.226. The van der Waals surface area contributed by atoms with Crippen LogP contribution in [0.25, 0.3) is 0 Å². The zero-order chi connectivity index (χ0) is 18.8. The lowest BCUT2D eigenvalue weighted by Gasteiger charge is -2.26. The Hall–Kier alpha value is -2.40. The number of urea groups is 1. The summed E-state index contributed by atoms with van der Waals surface area (Å²) in [6, 6.07) is 16.1. The number of hydrogen-bond donors (Lipinski definition) is 2. The molecule has 2 aromatic rings. The Bertz CT molecular complexity index is 657. The van der Waals surface area contributed by atoms with Crippen LogP contribution >= 0.6 is 0 Å². The molecule has 2 N–H and O–H groups in total. The standard InChI is InChI=1S/C21H28FN3O/c1-3-25(4-2)16-20(18-8-6-5-7-9-18)24-21(26)23-15-14-17-10-12-19(22)13-11-17/h5-13,20H,3-4,14-16H2,1-2H3,(H2,23,24,26)/t20-/m0/s1. The summed E-state index contributed by atoms with van der Waals surface area (Å²) < 4.78 is 12.9. The van der Waals surface area contributed by atoms with E-state index in [4.69, 9.17) is 0 Å². The van der Waals surface area contributed by atoms with E-state index in [1.807, 2.05) is 30.3 Å². The summed E-state index contributed by atoms with van der Waals surface area (Å²) >= 11 is 0. The fourth-order valence-corrected chi connectivity index (χ4v) is 2.84. The lowest BCUT2D eigenvalue weighted by Crippen LogP contribution is -2.43. The van der Waals surface area contributed by atoms with Gasteiger partial charge in [-0.25, -0.2) is 9.18 Å². The maximum Gasteiger partial charge on any atom is 0.315 e. The Kier molecular flexibility index (Phi) is 8.09. The van der Waals surface area contributed by atoms with Crippen molar-refractivity contribution in [1.82, 2.24) is 15.5 Å². The highest BCUT2D eigenvalue weighted by Gasteiger charge is 2.16. The number of nitrogens with one attached hydrogen (secondary N) is 2. The molecule has 26 heavy (non-hydrogen) atoms. The Labute approximate surface area is 155 Å². The van der Waals surface area contributed by atoms with Gasteiger partial charge in [0.1, 0.15) is 5.82 Å². The monoisotopic (exact) mass is 357 g/mol. The Morgan fingerprint density at radius 2 is 1.69 bits per heavy atom. The zero-order valence-corrected chi connectivity index (χ0v) is 15.5. The second kappa shape index (κ2) is 10.6. The smallest absolute Gasteiger partial charge is 0.315 e. The molecule has 0 bridgehead atoms. The fourth-order valence-electron chi connectivity index (χ4n) is 2.84. The summed E-state index contributed by atoms with van der Waals surface area (Å²) in [5.41, 5.74) is 2.09. The third kappa shape index (κ3) is 6.48. The van der Waals surface area contributed by atoms with E-state index in [0.717, 1.165) is 30.8 Å². The first-order chi connectivity index (χ1) is 12.6. The minimum absolute atomic E-state index is 0.0677. The summed E-state index contributed by atoms with van der Waals surface area (Å²) in [5.74, 6) is -0.249. The van der Waals surface area contributed by atoms with E-state index in [-0.39, 0.29) is 17.9 Å². The van der Waals surface area contributed by atoms with E-state index < -0.39 is 0 Å². The Morgan fingerprint density at radius 1 is 1.04 bits per heavy atom. The van der Waals surface area contributed by atoms with Gasteiger partial charge in [0.15, 0.2) is 0 Å². The maximum atomic E-state index is 12.9. The number of rotatable bonds is 9. The van der Waals surface area contributed by atoms with Crippen molar-refractivity contribution in [2.75, 3.05) is 26.2 Å². The largest absolute Gasteiger partial charge is 0.338 e.